The van der Waals surface area contributed by atoms with Gasteiger partial charge in [0.15, 0.2) is 0 Å². The van der Waals surface area contributed by atoms with E-state index in [9.17, 15) is 4.79 Å². The monoisotopic (exact) mass is 318 g/mol. The van der Waals surface area contributed by atoms with Crippen molar-refractivity contribution < 1.29 is 4.79 Å². The zero-order valence-electron chi connectivity index (χ0n) is 13.1. The number of nitrogens with one attached hydrogen (secondary N) is 1. The molecule has 0 aromatic carbocycles. The molecule has 1 atom stereocenters. The summed E-state index contributed by atoms with van der Waals surface area (Å²) < 4.78 is 1.90. The van der Waals surface area contributed by atoms with Crippen LogP contribution in [0.25, 0.3) is 0 Å². The van der Waals surface area contributed by atoms with Crippen LogP contribution in [0.4, 0.5) is 0 Å². The van der Waals surface area contributed by atoms with Gasteiger partial charge in [-0.25, -0.2) is 0 Å². The van der Waals surface area contributed by atoms with Crippen LogP contribution in [-0.4, -0.2) is 39.7 Å². The maximum atomic E-state index is 12.5. The Bertz CT molecular complexity index is 648. The number of aryl methyl sites for hydroxylation is 1. The van der Waals surface area contributed by atoms with E-state index in [-0.39, 0.29) is 11.9 Å². The normalized spacial score (nSPS) is 15.6. The Hall–Kier alpha value is -1.66. The van der Waals surface area contributed by atoms with Crippen molar-refractivity contribution in [3.05, 3.63) is 39.8 Å². The summed E-state index contributed by atoms with van der Waals surface area (Å²) >= 11 is 1.80. The minimum absolute atomic E-state index is 0.156. The van der Waals surface area contributed by atoms with E-state index in [0.717, 1.165) is 38.2 Å². The Morgan fingerprint density at radius 2 is 2.41 bits per heavy atom. The molecule has 1 aliphatic rings. The Morgan fingerprint density at radius 3 is 3.18 bits per heavy atom. The molecule has 0 aliphatic carbocycles. The standard InChI is InChI=1S/C16H22N4OS/c1-12-9-18-20(10-12)7-5-17-13(2)16(21)19-6-3-15-14(11-19)4-8-22-15/h4,8-10,13,17H,3,5-7,11H2,1-2H3/t13-/m1/s1. The maximum absolute atomic E-state index is 12.5. The predicted molar refractivity (Wildman–Crippen MR) is 87.9 cm³/mol. The van der Waals surface area contributed by atoms with Crippen LogP contribution in [0.15, 0.2) is 23.8 Å². The van der Waals surface area contributed by atoms with Gasteiger partial charge in [0.25, 0.3) is 0 Å². The van der Waals surface area contributed by atoms with Gasteiger partial charge in [0.1, 0.15) is 0 Å². The fourth-order valence-corrected chi connectivity index (χ4v) is 3.67. The molecule has 1 aliphatic heterocycles. The number of nitrogens with zero attached hydrogens (tertiary/aromatic N) is 3. The minimum Gasteiger partial charge on any atom is -0.337 e. The number of amides is 1. The molecule has 1 N–H and O–H groups in total. The third kappa shape index (κ3) is 3.39. The lowest BCUT2D eigenvalue weighted by molar-refractivity contribution is -0.133. The van der Waals surface area contributed by atoms with Crippen molar-refractivity contribution in [1.82, 2.24) is 20.0 Å². The van der Waals surface area contributed by atoms with Gasteiger partial charge in [-0.2, -0.15) is 5.10 Å². The summed E-state index contributed by atoms with van der Waals surface area (Å²) in [6.45, 7) is 7.07. The molecule has 0 unspecified atom stereocenters. The molecule has 2 aromatic heterocycles. The zero-order chi connectivity index (χ0) is 15.5. The highest BCUT2D eigenvalue weighted by Crippen LogP contribution is 2.24. The van der Waals surface area contributed by atoms with E-state index in [1.54, 1.807) is 11.3 Å². The summed E-state index contributed by atoms with van der Waals surface area (Å²) in [6.07, 6.45) is 4.84. The van der Waals surface area contributed by atoms with E-state index in [2.05, 4.69) is 21.9 Å². The fraction of sp³-hybridized carbons (Fsp3) is 0.500. The van der Waals surface area contributed by atoms with Gasteiger partial charge in [-0.15, -0.1) is 11.3 Å². The quantitative estimate of drug-likeness (QED) is 0.915. The van der Waals surface area contributed by atoms with Gasteiger partial charge in [0, 0.05) is 30.7 Å². The van der Waals surface area contributed by atoms with Crippen LogP contribution in [0.3, 0.4) is 0 Å². The van der Waals surface area contributed by atoms with Crippen LogP contribution in [0.1, 0.15) is 22.9 Å². The molecule has 1 amide bonds. The van der Waals surface area contributed by atoms with Gasteiger partial charge in [0.05, 0.1) is 18.8 Å². The number of hydrogen-bond donors (Lipinski definition) is 1. The highest BCUT2D eigenvalue weighted by molar-refractivity contribution is 7.10. The summed E-state index contributed by atoms with van der Waals surface area (Å²) in [4.78, 5) is 15.9. The summed E-state index contributed by atoms with van der Waals surface area (Å²) in [7, 11) is 0. The largest absolute Gasteiger partial charge is 0.337 e. The van der Waals surface area contributed by atoms with E-state index in [0.29, 0.717) is 0 Å². The Kier molecular flexibility index (Phi) is 4.59. The molecular weight excluding hydrogens is 296 g/mol. The Labute approximate surface area is 134 Å². The molecular formula is C16H22N4OS. The van der Waals surface area contributed by atoms with Crippen molar-refractivity contribution in [2.75, 3.05) is 13.1 Å². The van der Waals surface area contributed by atoms with Gasteiger partial charge in [-0.05, 0) is 42.8 Å². The molecule has 5 nitrogen and oxygen atoms in total. The van der Waals surface area contributed by atoms with E-state index in [1.807, 2.05) is 35.8 Å². The number of carbonyl (C=O) groups is 1. The molecule has 0 spiro atoms. The second-order valence-corrected chi connectivity index (χ2v) is 6.84. The second-order valence-electron chi connectivity index (χ2n) is 5.84. The zero-order valence-corrected chi connectivity index (χ0v) is 13.9. The Morgan fingerprint density at radius 1 is 1.55 bits per heavy atom. The highest BCUT2D eigenvalue weighted by Gasteiger charge is 2.24. The van der Waals surface area contributed by atoms with Gasteiger partial charge in [0.2, 0.25) is 5.91 Å². The first-order valence-electron chi connectivity index (χ1n) is 7.70. The van der Waals surface area contributed by atoms with Crippen LogP contribution in [0, 0.1) is 6.92 Å². The lowest BCUT2D eigenvalue weighted by Gasteiger charge is -2.29. The average Bonchev–Trinajstić information content (AvgIpc) is 3.14. The lowest BCUT2D eigenvalue weighted by atomic mass is 10.1. The molecule has 0 saturated carbocycles. The van der Waals surface area contributed by atoms with E-state index in [4.69, 9.17) is 0 Å². The van der Waals surface area contributed by atoms with E-state index in [1.165, 1.54) is 10.4 Å². The van der Waals surface area contributed by atoms with Gasteiger partial charge in [-0.3, -0.25) is 9.48 Å². The molecule has 6 heteroatoms. The van der Waals surface area contributed by atoms with E-state index >= 15 is 0 Å². The predicted octanol–water partition coefficient (Wildman–Crippen LogP) is 1.82. The number of carbonyl (C=O) groups excluding carboxylic acids is 1. The topological polar surface area (TPSA) is 50.2 Å². The molecule has 3 heterocycles. The summed E-state index contributed by atoms with van der Waals surface area (Å²) in [5.41, 5.74) is 2.47. The number of aromatic nitrogens is 2. The van der Waals surface area contributed by atoms with Crippen LogP contribution < -0.4 is 5.32 Å². The average molecular weight is 318 g/mol. The number of rotatable bonds is 5. The van der Waals surface area contributed by atoms with Crippen LogP contribution in [-0.2, 0) is 24.3 Å². The summed E-state index contributed by atoms with van der Waals surface area (Å²) in [6, 6.07) is 1.98. The smallest absolute Gasteiger partial charge is 0.239 e. The maximum Gasteiger partial charge on any atom is 0.239 e. The summed E-state index contributed by atoms with van der Waals surface area (Å²) in [5, 5.41) is 9.67. The second kappa shape index (κ2) is 6.62. The van der Waals surface area contributed by atoms with Crippen molar-refractivity contribution in [2.24, 2.45) is 0 Å². The van der Waals surface area contributed by atoms with Gasteiger partial charge in [-0.1, -0.05) is 0 Å². The molecule has 0 bridgehead atoms. The van der Waals surface area contributed by atoms with E-state index < -0.39 is 0 Å². The molecule has 22 heavy (non-hydrogen) atoms. The SMILES string of the molecule is Cc1cnn(CCN[C@H](C)C(=O)N2CCc3sccc3C2)c1. The number of fused-ring (bicyclic) bond motifs is 1. The number of thiophene rings is 1. The molecule has 0 radical (unpaired) electrons. The van der Waals surface area contributed by atoms with Crippen molar-refractivity contribution in [2.45, 2.75) is 39.4 Å². The van der Waals surface area contributed by atoms with Crippen LogP contribution in [0.5, 0.6) is 0 Å². The minimum atomic E-state index is -0.156. The third-order valence-electron chi connectivity index (χ3n) is 4.04. The van der Waals surface area contributed by atoms with Crippen LogP contribution >= 0.6 is 11.3 Å². The Balaban J connectivity index is 1.48. The van der Waals surface area contributed by atoms with Crippen LogP contribution in [0.2, 0.25) is 0 Å². The van der Waals surface area contributed by atoms with Crippen molar-refractivity contribution in [3.63, 3.8) is 0 Å². The molecule has 2 aromatic rings. The first-order chi connectivity index (χ1) is 10.6. The van der Waals surface area contributed by atoms with Gasteiger partial charge < -0.3 is 10.2 Å². The fourth-order valence-electron chi connectivity index (χ4n) is 2.78. The summed E-state index contributed by atoms with van der Waals surface area (Å²) in [5.74, 6) is 0.188. The highest BCUT2D eigenvalue weighted by atomic mass is 32.1. The molecule has 118 valence electrons. The van der Waals surface area contributed by atoms with Crippen molar-refractivity contribution in [3.8, 4) is 0 Å². The lowest BCUT2D eigenvalue weighted by Crippen LogP contribution is -2.47. The molecule has 3 rings (SSSR count). The molecule has 0 fully saturated rings. The van der Waals surface area contributed by atoms with Gasteiger partial charge >= 0.3 is 0 Å². The first-order valence-corrected chi connectivity index (χ1v) is 8.58. The van der Waals surface area contributed by atoms with Crippen molar-refractivity contribution >= 4 is 17.2 Å². The number of hydrogen-bond acceptors (Lipinski definition) is 4. The molecule has 0 saturated heterocycles. The van der Waals surface area contributed by atoms with Crippen molar-refractivity contribution in [1.29, 1.82) is 0 Å². The third-order valence-corrected chi connectivity index (χ3v) is 5.07. The first kappa shape index (κ1) is 15.2.